The van der Waals surface area contributed by atoms with Crippen LogP contribution in [0.2, 0.25) is 0 Å². The molecule has 18 heavy (non-hydrogen) atoms. The van der Waals surface area contributed by atoms with Gasteiger partial charge in [0, 0.05) is 13.1 Å². The third-order valence-corrected chi connectivity index (χ3v) is 2.65. The molecule has 1 heterocycles. The quantitative estimate of drug-likeness (QED) is 0.826. The van der Waals surface area contributed by atoms with Crippen LogP contribution in [0.3, 0.4) is 0 Å². The SMILES string of the molecule is COc1cccc(N(C)c2ccccc2C#N)n1. The largest absolute Gasteiger partial charge is 0.481 e. The van der Waals surface area contributed by atoms with Gasteiger partial charge in [-0.1, -0.05) is 18.2 Å². The van der Waals surface area contributed by atoms with Gasteiger partial charge in [-0.25, -0.2) is 0 Å². The number of pyridine rings is 1. The molecule has 2 rings (SSSR count). The Hall–Kier alpha value is -2.54. The fraction of sp³-hybridized carbons (Fsp3) is 0.143. The number of nitrogens with zero attached hydrogens (tertiary/aromatic N) is 3. The second kappa shape index (κ2) is 5.19. The van der Waals surface area contributed by atoms with Crippen molar-refractivity contribution in [3.05, 3.63) is 48.0 Å². The van der Waals surface area contributed by atoms with Crippen molar-refractivity contribution in [2.75, 3.05) is 19.1 Å². The molecular formula is C14H13N3O. The van der Waals surface area contributed by atoms with Crippen LogP contribution >= 0.6 is 0 Å². The Morgan fingerprint density at radius 1 is 1.17 bits per heavy atom. The van der Waals surface area contributed by atoms with E-state index >= 15 is 0 Å². The number of ether oxygens (including phenoxy) is 1. The van der Waals surface area contributed by atoms with E-state index in [4.69, 9.17) is 10.00 Å². The van der Waals surface area contributed by atoms with Crippen LogP contribution in [0.25, 0.3) is 0 Å². The molecule has 0 aliphatic rings. The average molecular weight is 239 g/mol. The summed E-state index contributed by atoms with van der Waals surface area (Å²) in [5, 5.41) is 9.09. The van der Waals surface area contributed by atoms with Crippen molar-refractivity contribution in [1.29, 1.82) is 5.26 Å². The average Bonchev–Trinajstić information content (AvgIpc) is 2.46. The van der Waals surface area contributed by atoms with Gasteiger partial charge in [0.15, 0.2) is 0 Å². The zero-order valence-corrected chi connectivity index (χ0v) is 10.3. The number of nitriles is 1. The Morgan fingerprint density at radius 2 is 1.94 bits per heavy atom. The fourth-order valence-corrected chi connectivity index (χ4v) is 1.69. The van der Waals surface area contributed by atoms with E-state index < -0.39 is 0 Å². The first kappa shape index (κ1) is 11.9. The highest BCUT2D eigenvalue weighted by Gasteiger charge is 2.10. The van der Waals surface area contributed by atoms with Crippen LogP contribution in [0.5, 0.6) is 5.88 Å². The molecule has 0 bridgehead atoms. The van der Waals surface area contributed by atoms with Crippen LogP contribution in [-0.2, 0) is 0 Å². The van der Waals surface area contributed by atoms with E-state index in [9.17, 15) is 0 Å². The first-order valence-electron chi connectivity index (χ1n) is 5.50. The third kappa shape index (κ3) is 2.25. The maximum absolute atomic E-state index is 9.09. The number of hydrogen-bond donors (Lipinski definition) is 0. The molecule has 1 aromatic carbocycles. The van der Waals surface area contributed by atoms with Gasteiger partial charge in [0.2, 0.25) is 5.88 Å². The smallest absolute Gasteiger partial charge is 0.214 e. The van der Waals surface area contributed by atoms with Crippen LogP contribution in [0, 0.1) is 11.3 Å². The van der Waals surface area contributed by atoms with Crippen molar-refractivity contribution in [3.63, 3.8) is 0 Å². The first-order valence-corrected chi connectivity index (χ1v) is 5.50. The molecule has 4 nitrogen and oxygen atoms in total. The van der Waals surface area contributed by atoms with Crippen molar-refractivity contribution in [3.8, 4) is 11.9 Å². The molecule has 0 fully saturated rings. The maximum atomic E-state index is 9.09. The summed E-state index contributed by atoms with van der Waals surface area (Å²) in [6.45, 7) is 0. The van der Waals surface area contributed by atoms with Crippen molar-refractivity contribution in [2.45, 2.75) is 0 Å². The summed E-state index contributed by atoms with van der Waals surface area (Å²) in [5.74, 6) is 1.28. The van der Waals surface area contributed by atoms with Gasteiger partial charge in [-0.15, -0.1) is 0 Å². The van der Waals surface area contributed by atoms with E-state index in [1.807, 2.05) is 42.3 Å². The molecule has 4 heteroatoms. The second-order valence-corrected chi connectivity index (χ2v) is 3.73. The number of benzene rings is 1. The molecule has 0 radical (unpaired) electrons. The Bertz CT molecular complexity index is 590. The highest BCUT2D eigenvalue weighted by Crippen LogP contribution is 2.26. The number of aromatic nitrogens is 1. The Morgan fingerprint density at radius 3 is 2.67 bits per heavy atom. The van der Waals surface area contributed by atoms with Crippen molar-refractivity contribution in [1.82, 2.24) is 4.98 Å². The van der Waals surface area contributed by atoms with Gasteiger partial charge in [-0.2, -0.15) is 10.2 Å². The second-order valence-electron chi connectivity index (χ2n) is 3.73. The summed E-state index contributed by atoms with van der Waals surface area (Å²) in [4.78, 5) is 6.20. The normalized spacial score (nSPS) is 9.61. The minimum atomic E-state index is 0.550. The number of hydrogen-bond acceptors (Lipinski definition) is 4. The Labute approximate surface area is 106 Å². The molecule has 0 spiro atoms. The number of para-hydroxylation sites is 1. The number of methoxy groups -OCH3 is 1. The van der Waals surface area contributed by atoms with Crippen LogP contribution in [0.4, 0.5) is 11.5 Å². The van der Waals surface area contributed by atoms with Gasteiger partial charge in [0.05, 0.1) is 18.4 Å². The molecule has 0 N–H and O–H groups in total. The number of anilines is 2. The molecule has 0 saturated carbocycles. The van der Waals surface area contributed by atoms with Crippen LogP contribution < -0.4 is 9.64 Å². The highest BCUT2D eigenvalue weighted by atomic mass is 16.5. The molecule has 0 aliphatic carbocycles. The monoisotopic (exact) mass is 239 g/mol. The van der Waals surface area contributed by atoms with Crippen molar-refractivity contribution in [2.24, 2.45) is 0 Å². The molecule has 2 aromatic rings. The van der Waals surface area contributed by atoms with Crippen molar-refractivity contribution < 1.29 is 4.74 Å². The van der Waals surface area contributed by atoms with E-state index in [0.29, 0.717) is 11.4 Å². The van der Waals surface area contributed by atoms with Crippen LogP contribution in [0.15, 0.2) is 42.5 Å². The summed E-state index contributed by atoms with van der Waals surface area (Å²) >= 11 is 0. The molecule has 0 aliphatic heterocycles. The lowest BCUT2D eigenvalue weighted by atomic mass is 10.2. The predicted molar refractivity (Wildman–Crippen MR) is 70.0 cm³/mol. The lowest BCUT2D eigenvalue weighted by Gasteiger charge is -2.19. The van der Waals surface area contributed by atoms with E-state index in [2.05, 4.69) is 11.1 Å². The molecule has 1 aromatic heterocycles. The third-order valence-electron chi connectivity index (χ3n) is 2.65. The molecule has 90 valence electrons. The summed E-state index contributed by atoms with van der Waals surface area (Å²) < 4.78 is 5.09. The Balaban J connectivity index is 2.41. The van der Waals surface area contributed by atoms with Gasteiger partial charge in [-0.3, -0.25) is 0 Å². The minimum Gasteiger partial charge on any atom is -0.481 e. The molecular weight excluding hydrogens is 226 g/mol. The summed E-state index contributed by atoms with van der Waals surface area (Å²) in [6, 6.07) is 15.1. The van der Waals surface area contributed by atoms with Gasteiger partial charge in [-0.05, 0) is 18.2 Å². The fourth-order valence-electron chi connectivity index (χ4n) is 1.69. The lowest BCUT2D eigenvalue weighted by molar-refractivity contribution is 0.398. The van der Waals surface area contributed by atoms with Gasteiger partial charge in [0.25, 0.3) is 0 Å². The molecule has 0 amide bonds. The molecule has 0 unspecified atom stereocenters. The molecule has 0 atom stereocenters. The van der Waals surface area contributed by atoms with Gasteiger partial charge in [0.1, 0.15) is 11.9 Å². The van der Waals surface area contributed by atoms with E-state index in [1.165, 1.54) is 0 Å². The topological polar surface area (TPSA) is 49.1 Å². The van der Waals surface area contributed by atoms with Gasteiger partial charge >= 0.3 is 0 Å². The van der Waals surface area contributed by atoms with E-state index in [1.54, 1.807) is 19.2 Å². The minimum absolute atomic E-state index is 0.550. The summed E-state index contributed by atoms with van der Waals surface area (Å²) in [5.41, 5.74) is 1.44. The van der Waals surface area contributed by atoms with E-state index in [0.717, 1.165) is 11.5 Å². The zero-order chi connectivity index (χ0) is 13.0. The van der Waals surface area contributed by atoms with Crippen LogP contribution in [0.1, 0.15) is 5.56 Å². The van der Waals surface area contributed by atoms with Crippen LogP contribution in [-0.4, -0.2) is 19.1 Å². The summed E-state index contributed by atoms with van der Waals surface area (Å²) in [7, 11) is 3.45. The van der Waals surface area contributed by atoms with Gasteiger partial charge < -0.3 is 9.64 Å². The molecule has 0 saturated heterocycles. The lowest BCUT2D eigenvalue weighted by Crippen LogP contribution is -2.12. The zero-order valence-electron chi connectivity index (χ0n) is 10.3. The Kier molecular flexibility index (Phi) is 3.44. The standard InChI is InChI=1S/C14H13N3O/c1-17(12-7-4-3-6-11(12)10-15)13-8-5-9-14(16-13)18-2/h3-9H,1-2H3. The van der Waals surface area contributed by atoms with Crippen molar-refractivity contribution >= 4 is 11.5 Å². The highest BCUT2D eigenvalue weighted by molar-refractivity contribution is 5.66. The maximum Gasteiger partial charge on any atom is 0.214 e. The summed E-state index contributed by atoms with van der Waals surface area (Å²) in [6.07, 6.45) is 0. The predicted octanol–water partition coefficient (Wildman–Crippen LogP) is 2.73. The van der Waals surface area contributed by atoms with E-state index in [-0.39, 0.29) is 0 Å². The number of rotatable bonds is 3. The first-order chi connectivity index (χ1) is 8.76.